The van der Waals surface area contributed by atoms with Crippen molar-refractivity contribution in [2.24, 2.45) is 0 Å². The number of urea groups is 1. The van der Waals surface area contributed by atoms with Crippen LogP contribution in [-0.2, 0) is 11.3 Å². The lowest BCUT2D eigenvalue weighted by atomic mass is 9.94. The molecule has 2 heterocycles. The Morgan fingerprint density at radius 1 is 1.10 bits per heavy atom. The third kappa shape index (κ3) is 5.19. The van der Waals surface area contributed by atoms with E-state index in [0.717, 1.165) is 34.9 Å². The first-order chi connectivity index (χ1) is 14.5. The van der Waals surface area contributed by atoms with Crippen molar-refractivity contribution in [1.29, 1.82) is 0 Å². The maximum atomic E-state index is 12.9. The molecule has 1 unspecified atom stereocenters. The molecule has 0 spiro atoms. The highest BCUT2D eigenvalue weighted by Gasteiger charge is 2.47. The summed E-state index contributed by atoms with van der Waals surface area (Å²) in [5.41, 5.74) is 0.903. The third-order valence-electron chi connectivity index (χ3n) is 5.41. The molecule has 1 saturated heterocycles. The fraction of sp³-hybridized carbons (Fsp3) is 0.522. The van der Waals surface area contributed by atoms with Crippen LogP contribution in [0.15, 0.2) is 29.6 Å². The van der Waals surface area contributed by atoms with Crippen LogP contribution < -0.4 is 10.1 Å². The molecule has 1 aromatic heterocycles. The monoisotopic (exact) mass is 429 g/mol. The number of nitrogens with one attached hydrogen (secondary N) is 1. The summed E-state index contributed by atoms with van der Waals surface area (Å²) >= 11 is 1.51. The van der Waals surface area contributed by atoms with Gasteiger partial charge in [-0.15, -0.1) is 11.3 Å². The summed E-state index contributed by atoms with van der Waals surface area (Å²) in [4.78, 5) is 31.3. The van der Waals surface area contributed by atoms with E-state index in [4.69, 9.17) is 4.74 Å². The number of carbonyl (C=O) groups is 2. The van der Waals surface area contributed by atoms with Gasteiger partial charge in [0, 0.05) is 10.9 Å². The van der Waals surface area contributed by atoms with Crippen LogP contribution in [-0.4, -0.2) is 34.0 Å². The van der Waals surface area contributed by atoms with Crippen LogP contribution in [0.3, 0.4) is 0 Å². The van der Waals surface area contributed by atoms with Crippen LogP contribution >= 0.6 is 11.3 Å². The minimum atomic E-state index is -0.808. The molecule has 1 fully saturated rings. The summed E-state index contributed by atoms with van der Waals surface area (Å²) < 4.78 is 5.48. The highest BCUT2D eigenvalue weighted by atomic mass is 32.1. The number of carbonyl (C=O) groups excluding carboxylic acids is 2. The van der Waals surface area contributed by atoms with Crippen LogP contribution in [0.4, 0.5) is 4.79 Å². The SMILES string of the molecule is CCCCCCCC1(C)NC(=O)N(Cc2csc(-c3ccc(OCC)cc3)n2)C1=O. The van der Waals surface area contributed by atoms with Crippen molar-refractivity contribution in [3.8, 4) is 16.3 Å². The Labute approximate surface area is 182 Å². The molecule has 7 heteroatoms. The van der Waals surface area contributed by atoms with Crippen molar-refractivity contribution in [2.75, 3.05) is 6.61 Å². The molecule has 162 valence electrons. The Bertz CT molecular complexity index is 865. The van der Waals surface area contributed by atoms with Gasteiger partial charge in [-0.1, -0.05) is 39.0 Å². The lowest BCUT2D eigenvalue weighted by Gasteiger charge is -2.21. The lowest BCUT2D eigenvalue weighted by molar-refractivity contribution is -0.131. The van der Waals surface area contributed by atoms with Gasteiger partial charge in [-0.05, 0) is 44.5 Å². The molecule has 1 atom stereocenters. The lowest BCUT2D eigenvalue weighted by Crippen LogP contribution is -2.43. The fourth-order valence-corrected chi connectivity index (χ4v) is 4.49. The molecule has 1 aliphatic rings. The van der Waals surface area contributed by atoms with Crippen molar-refractivity contribution in [3.05, 3.63) is 35.3 Å². The Kier molecular flexibility index (Phi) is 7.48. The van der Waals surface area contributed by atoms with E-state index in [9.17, 15) is 9.59 Å². The first-order valence-electron chi connectivity index (χ1n) is 10.8. The Morgan fingerprint density at radius 3 is 2.53 bits per heavy atom. The second-order valence-electron chi connectivity index (χ2n) is 7.92. The van der Waals surface area contributed by atoms with Gasteiger partial charge in [-0.3, -0.25) is 9.69 Å². The summed E-state index contributed by atoms with van der Waals surface area (Å²) in [6, 6.07) is 7.45. The van der Waals surface area contributed by atoms with E-state index >= 15 is 0 Å². The van der Waals surface area contributed by atoms with Gasteiger partial charge >= 0.3 is 6.03 Å². The van der Waals surface area contributed by atoms with Crippen LogP contribution in [0.2, 0.25) is 0 Å². The van der Waals surface area contributed by atoms with Crippen molar-refractivity contribution < 1.29 is 14.3 Å². The topological polar surface area (TPSA) is 71.5 Å². The Morgan fingerprint density at radius 2 is 1.83 bits per heavy atom. The summed E-state index contributed by atoms with van der Waals surface area (Å²) in [6.07, 6.45) is 6.27. The summed E-state index contributed by atoms with van der Waals surface area (Å²) in [5.74, 6) is 0.671. The van der Waals surface area contributed by atoms with Crippen molar-refractivity contribution in [1.82, 2.24) is 15.2 Å². The first-order valence-corrected chi connectivity index (χ1v) is 11.7. The molecule has 1 aromatic carbocycles. The smallest absolute Gasteiger partial charge is 0.325 e. The number of imide groups is 1. The number of unbranched alkanes of at least 4 members (excludes halogenated alkanes) is 4. The molecule has 0 radical (unpaired) electrons. The highest BCUT2D eigenvalue weighted by Crippen LogP contribution is 2.29. The van der Waals surface area contributed by atoms with Crippen molar-refractivity contribution in [3.63, 3.8) is 0 Å². The van der Waals surface area contributed by atoms with Crippen LogP contribution in [0, 0.1) is 0 Å². The number of aromatic nitrogens is 1. The zero-order valence-electron chi connectivity index (χ0n) is 18.1. The van der Waals surface area contributed by atoms with Gasteiger partial charge in [0.1, 0.15) is 16.3 Å². The van der Waals surface area contributed by atoms with Gasteiger partial charge in [0.25, 0.3) is 5.91 Å². The highest BCUT2D eigenvalue weighted by molar-refractivity contribution is 7.13. The van der Waals surface area contributed by atoms with Gasteiger partial charge < -0.3 is 10.1 Å². The molecule has 30 heavy (non-hydrogen) atoms. The number of hydrogen-bond donors (Lipinski definition) is 1. The van der Waals surface area contributed by atoms with Gasteiger partial charge in [0.15, 0.2) is 0 Å². The first kappa shape index (κ1) is 22.3. The standard InChI is InChI=1S/C23H31N3O3S/c1-4-6-7-8-9-14-23(3)21(27)26(22(28)25-23)15-18-16-30-20(24-18)17-10-12-19(13-11-17)29-5-2/h10-13,16H,4-9,14-15H2,1-3H3,(H,25,28). The zero-order chi connectivity index (χ0) is 21.6. The maximum absolute atomic E-state index is 12.9. The molecular formula is C23H31N3O3S. The molecule has 1 N–H and O–H groups in total. The number of nitrogens with zero attached hydrogens (tertiary/aromatic N) is 2. The van der Waals surface area contributed by atoms with E-state index < -0.39 is 5.54 Å². The molecule has 0 saturated carbocycles. The predicted octanol–water partition coefficient (Wildman–Crippen LogP) is 5.38. The van der Waals surface area contributed by atoms with E-state index in [1.807, 2.05) is 43.5 Å². The quantitative estimate of drug-likeness (QED) is 0.384. The van der Waals surface area contributed by atoms with Gasteiger partial charge in [-0.25, -0.2) is 9.78 Å². The molecule has 6 nitrogen and oxygen atoms in total. The average Bonchev–Trinajstić information content (AvgIpc) is 3.28. The van der Waals surface area contributed by atoms with Crippen LogP contribution in [0.1, 0.15) is 65.0 Å². The number of hydrogen-bond acceptors (Lipinski definition) is 5. The number of thiazole rings is 1. The summed E-state index contributed by atoms with van der Waals surface area (Å²) in [5, 5.41) is 5.67. The van der Waals surface area contributed by atoms with E-state index in [2.05, 4.69) is 17.2 Å². The maximum Gasteiger partial charge on any atom is 0.325 e. The van der Waals surface area contributed by atoms with Gasteiger partial charge in [0.2, 0.25) is 0 Å². The average molecular weight is 430 g/mol. The van der Waals surface area contributed by atoms with Crippen LogP contribution in [0.5, 0.6) is 5.75 Å². The third-order valence-corrected chi connectivity index (χ3v) is 6.35. The molecule has 3 amide bonds. The number of amides is 3. The number of rotatable bonds is 11. The Hall–Kier alpha value is -2.41. The number of benzene rings is 1. The largest absolute Gasteiger partial charge is 0.494 e. The molecular weight excluding hydrogens is 398 g/mol. The van der Waals surface area contributed by atoms with E-state index in [1.54, 1.807) is 0 Å². The van der Waals surface area contributed by atoms with E-state index in [1.165, 1.54) is 35.5 Å². The molecule has 0 bridgehead atoms. The normalized spacial score (nSPS) is 18.7. The minimum Gasteiger partial charge on any atom is -0.494 e. The molecule has 0 aliphatic carbocycles. The van der Waals surface area contributed by atoms with E-state index in [0.29, 0.717) is 13.0 Å². The Balaban J connectivity index is 1.61. The summed E-state index contributed by atoms with van der Waals surface area (Å²) in [6.45, 7) is 6.79. The van der Waals surface area contributed by atoms with Crippen molar-refractivity contribution >= 4 is 23.3 Å². The number of ether oxygens (including phenoxy) is 1. The van der Waals surface area contributed by atoms with Gasteiger partial charge in [-0.2, -0.15) is 0 Å². The van der Waals surface area contributed by atoms with Crippen molar-refractivity contribution in [2.45, 2.75) is 71.4 Å². The zero-order valence-corrected chi connectivity index (χ0v) is 18.9. The molecule has 1 aliphatic heterocycles. The molecule has 2 aromatic rings. The second-order valence-corrected chi connectivity index (χ2v) is 8.78. The van der Waals surface area contributed by atoms with Crippen LogP contribution in [0.25, 0.3) is 10.6 Å². The fourth-order valence-electron chi connectivity index (χ4n) is 3.68. The summed E-state index contributed by atoms with van der Waals surface area (Å²) in [7, 11) is 0. The second kappa shape index (κ2) is 10.1. The predicted molar refractivity (Wildman–Crippen MR) is 120 cm³/mol. The minimum absolute atomic E-state index is 0.154. The molecule has 3 rings (SSSR count). The van der Waals surface area contributed by atoms with E-state index in [-0.39, 0.29) is 18.5 Å². The van der Waals surface area contributed by atoms with Gasteiger partial charge in [0.05, 0.1) is 18.8 Å².